The highest BCUT2D eigenvalue weighted by Gasteiger charge is 1.04. The van der Waals surface area contributed by atoms with Gasteiger partial charge in [0.2, 0.25) is 18.2 Å². The first-order valence-corrected chi connectivity index (χ1v) is 1.36. The summed E-state index contributed by atoms with van der Waals surface area (Å²) in [6.07, 6.45) is 2.25. The van der Waals surface area contributed by atoms with Gasteiger partial charge in [-0.1, -0.05) is 0 Å². The van der Waals surface area contributed by atoms with Crippen molar-refractivity contribution in [1.82, 2.24) is 0 Å². The summed E-state index contributed by atoms with van der Waals surface area (Å²) in [6, 6.07) is 0. The topological polar surface area (TPSA) is 123 Å². The Bertz CT molecular complexity index is 111. The van der Waals surface area contributed by atoms with Crippen LogP contribution < -0.4 is 0 Å². The van der Waals surface area contributed by atoms with Gasteiger partial charge in [-0.2, -0.15) is 0 Å². The lowest BCUT2D eigenvalue weighted by molar-refractivity contribution is 0.562. The van der Waals surface area contributed by atoms with Crippen LogP contribution >= 0.6 is 0 Å². The molecular formula is C3H7N3O3Si. The van der Waals surface area contributed by atoms with Gasteiger partial charge in [0.05, 0.1) is 0 Å². The van der Waals surface area contributed by atoms with Gasteiger partial charge < -0.3 is 0 Å². The lowest BCUT2D eigenvalue weighted by Crippen LogP contribution is -1.16. The number of rotatable bonds is 0. The zero-order valence-electron chi connectivity index (χ0n) is 4.22. The van der Waals surface area contributed by atoms with Crippen LogP contribution in [-0.2, 0) is 14.4 Å². The van der Waals surface area contributed by atoms with E-state index >= 15 is 0 Å². The van der Waals surface area contributed by atoms with Crippen molar-refractivity contribution < 1.29 is 14.4 Å². The molecule has 0 aliphatic carbocycles. The Hall–Kier alpha value is -1.64. The highest BCUT2D eigenvalue weighted by Crippen LogP contribution is 0.874. The van der Waals surface area contributed by atoms with Gasteiger partial charge in [0, 0.05) is 0 Å². The molecule has 0 bridgehead atoms. The number of carbonyl (C=O) groups excluding carboxylic acids is 3. The molecule has 0 heterocycles. The van der Waals surface area contributed by atoms with Crippen LogP contribution in [0.2, 0.25) is 0 Å². The molecule has 0 aromatic heterocycles. The maximum absolute atomic E-state index is 8.35. The van der Waals surface area contributed by atoms with Crippen molar-refractivity contribution >= 4 is 29.2 Å². The fourth-order valence-corrected chi connectivity index (χ4v) is 0. The molecule has 0 fully saturated rings. The van der Waals surface area contributed by atoms with E-state index in [2.05, 4.69) is 0 Å². The molecule has 0 unspecified atom stereocenters. The molecule has 7 heteroatoms. The minimum Gasteiger partial charge on any atom is -0.222 e. The normalized spacial score (nSPS) is 2.40. The molecule has 0 aromatic carbocycles. The number of hydrogen-bond acceptors (Lipinski definition) is 6. The highest BCUT2D eigenvalue weighted by atomic mass is 28.1. The number of hydrogen-bond donors (Lipinski definition) is 3. The predicted molar refractivity (Wildman–Crippen MR) is 36.6 cm³/mol. The van der Waals surface area contributed by atoms with Crippen molar-refractivity contribution in [2.45, 2.75) is 0 Å². The Kier molecular flexibility index (Phi) is 385. The molecule has 0 spiro atoms. The van der Waals surface area contributed by atoms with E-state index in [9.17, 15) is 0 Å². The average molecular weight is 161 g/mol. The maximum Gasteiger partial charge on any atom is 0.231 e. The van der Waals surface area contributed by atoms with E-state index in [1.165, 1.54) is 0 Å². The van der Waals surface area contributed by atoms with Gasteiger partial charge in [0.15, 0.2) is 0 Å². The summed E-state index contributed by atoms with van der Waals surface area (Å²) in [5, 5.41) is 16.2. The van der Waals surface area contributed by atoms with Crippen LogP contribution in [0.3, 0.4) is 0 Å². The van der Waals surface area contributed by atoms with E-state index in [4.69, 9.17) is 30.6 Å². The van der Waals surface area contributed by atoms with Gasteiger partial charge in [0.25, 0.3) is 0 Å². The second-order valence-corrected chi connectivity index (χ2v) is 0.306. The SMILES string of the molecule is N=C=O.N=C=O.N=C=O.[SiH4]. The molecular weight excluding hydrogens is 154 g/mol. The quantitative estimate of drug-likeness (QED) is 0.222. The lowest BCUT2D eigenvalue weighted by Gasteiger charge is -1.02. The largest absolute Gasteiger partial charge is 0.231 e. The van der Waals surface area contributed by atoms with Crippen molar-refractivity contribution in [3.63, 3.8) is 0 Å². The van der Waals surface area contributed by atoms with Crippen LogP contribution in [0.25, 0.3) is 0 Å². The summed E-state index contributed by atoms with van der Waals surface area (Å²) in [4.78, 5) is 25.0. The second kappa shape index (κ2) is 161. The molecule has 0 amide bonds. The molecule has 0 saturated heterocycles. The second-order valence-electron chi connectivity index (χ2n) is 0.306. The molecule has 0 atom stereocenters. The Morgan fingerprint density at radius 1 is 0.700 bits per heavy atom. The Morgan fingerprint density at radius 2 is 0.700 bits per heavy atom. The first-order valence-electron chi connectivity index (χ1n) is 1.36. The molecule has 0 aliphatic rings. The molecule has 6 nitrogen and oxygen atoms in total. The summed E-state index contributed by atoms with van der Waals surface area (Å²) in [7, 11) is 0. The van der Waals surface area contributed by atoms with Crippen molar-refractivity contribution in [3.8, 4) is 0 Å². The van der Waals surface area contributed by atoms with E-state index < -0.39 is 0 Å². The zero-order chi connectivity index (χ0) is 8.12. The molecule has 3 N–H and O–H groups in total. The summed E-state index contributed by atoms with van der Waals surface area (Å²) >= 11 is 0. The van der Waals surface area contributed by atoms with Crippen LogP contribution in [0.15, 0.2) is 0 Å². The Labute approximate surface area is 60.8 Å². The van der Waals surface area contributed by atoms with Crippen LogP contribution in [0.5, 0.6) is 0 Å². The third kappa shape index (κ3) is 67.6. The van der Waals surface area contributed by atoms with Crippen molar-refractivity contribution in [2.75, 3.05) is 0 Å². The minimum atomic E-state index is 0. The van der Waals surface area contributed by atoms with Crippen molar-refractivity contribution in [2.24, 2.45) is 0 Å². The molecule has 10 heavy (non-hydrogen) atoms. The molecule has 56 valence electrons. The zero-order valence-corrected chi connectivity index (χ0v) is 4.22. The van der Waals surface area contributed by atoms with Gasteiger partial charge in [-0.3, -0.25) is 0 Å². The molecule has 0 radical (unpaired) electrons. The smallest absolute Gasteiger partial charge is 0.222 e. The highest BCUT2D eigenvalue weighted by molar-refractivity contribution is 5.75. The number of isocyanates is 3. The third-order valence-corrected chi connectivity index (χ3v) is 0. The fourth-order valence-electron chi connectivity index (χ4n) is 0. The van der Waals surface area contributed by atoms with Crippen LogP contribution in [-0.4, -0.2) is 29.2 Å². The first-order chi connectivity index (χ1) is 4.24. The van der Waals surface area contributed by atoms with Gasteiger partial charge in [-0.05, 0) is 11.0 Å². The third-order valence-electron chi connectivity index (χ3n) is 0. The van der Waals surface area contributed by atoms with Crippen LogP contribution in [0.4, 0.5) is 0 Å². The molecule has 0 aliphatic heterocycles. The lowest BCUT2D eigenvalue weighted by atomic mass is 11.7. The summed E-state index contributed by atoms with van der Waals surface area (Å²) in [5.74, 6) is 0. The average Bonchev–Trinajstić information content (AvgIpc) is 1.70. The summed E-state index contributed by atoms with van der Waals surface area (Å²) in [6.45, 7) is 0. The Morgan fingerprint density at radius 3 is 0.700 bits per heavy atom. The van der Waals surface area contributed by atoms with Gasteiger partial charge >= 0.3 is 0 Å². The van der Waals surface area contributed by atoms with Crippen LogP contribution in [0.1, 0.15) is 0 Å². The number of nitrogens with one attached hydrogen (secondary N) is 3. The first kappa shape index (κ1) is 23.8. The summed E-state index contributed by atoms with van der Waals surface area (Å²) < 4.78 is 0. The molecule has 0 aromatic rings. The minimum absolute atomic E-state index is 0. The van der Waals surface area contributed by atoms with Gasteiger partial charge in [-0.25, -0.2) is 30.6 Å². The van der Waals surface area contributed by atoms with Gasteiger partial charge in [0.1, 0.15) is 0 Å². The fraction of sp³-hybridized carbons (Fsp3) is 0. The van der Waals surface area contributed by atoms with E-state index in [1.807, 2.05) is 0 Å². The molecule has 0 rings (SSSR count). The van der Waals surface area contributed by atoms with Crippen molar-refractivity contribution in [1.29, 1.82) is 16.2 Å². The molecule has 0 saturated carbocycles. The predicted octanol–water partition coefficient (Wildman–Crippen LogP) is -1.75. The van der Waals surface area contributed by atoms with Crippen molar-refractivity contribution in [3.05, 3.63) is 0 Å². The van der Waals surface area contributed by atoms with E-state index in [1.54, 1.807) is 0 Å². The summed E-state index contributed by atoms with van der Waals surface area (Å²) in [5.41, 5.74) is 0. The Balaban J connectivity index is -0.0000000257. The van der Waals surface area contributed by atoms with E-state index in [0.29, 0.717) is 0 Å². The van der Waals surface area contributed by atoms with E-state index in [-0.39, 0.29) is 11.0 Å². The van der Waals surface area contributed by atoms with Crippen LogP contribution in [0, 0.1) is 16.2 Å². The standard InChI is InChI=1S/3CHNO.H4Si/c3*2-1-3;/h3*2H;1H4. The van der Waals surface area contributed by atoms with E-state index in [0.717, 1.165) is 18.2 Å². The van der Waals surface area contributed by atoms with Gasteiger partial charge in [-0.15, -0.1) is 0 Å². The maximum atomic E-state index is 8.35. The monoisotopic (exact) mass is 161 g/mol.